The molecule has 2 rings (SSSR count). The molecular weight excluding hydrogens is 170 g/mol. The summed E-state index contributed by atoms with van der Waals surface area (Å²) < 4.78 is 4.79. The zero-order valence-electron chi connectivity index (χ0n) is 6.54. The highest BCUT2D eigenvalue weighted by molar-refractivity contribution is 5.42. The third-order valence-corrected chi connectivity index (χ3v) is 1.38. The van der Waals surface area contributed by atoms with Crippen LogP contribution in [0.3, 0.4) is 0 Å². The molecule has 0 saturated heterocycles. The van der Waals surface area contributed by atoms with Gasteiger partial charge < -0.3 is 4.42 Å². The van der Waals surface area contributed by atoms with Crippen molar-refractivity contribution >= 4 is 0 Å². The van der Waals surface area contributed by atoms with Gasteiger partial charge in [-0.1, -0.05) is 0 Å². The molecule has 13 heavy (non-hydrogen) atoms. The average Bonchev–Trinajstić information content (AvgIpc) is 2.19. The van der Waals surface area contributed by atoms with Crippen LogP contribution in [0.25, 0.3) is 11.6 Å². The van der Waals surface area contributed by atoms with E-state index in [1.54, 1.807) is 0 Å². The number of nitrogens with zero attached hydrogens (tertiary/aromatic N) is 3. The molecule has 0 spiro atoms. The topological polar surface area (TPSA) is 68.9 Å². The molecule has 0 unspecified atom stereocenters. The van der Waals surface area contributed by atoms with Crippen LogP contribution in [-0.2, 0) is 0 Å². The van der Waals surface area contributed by atoms with Crippen LogP contribution in [-0.4, -0.2) is 15.0 Å². The first-order valence-electron chi connectivity index (χ1n) is 3.59. The van der Waals surface area contributed by atoms with Gasteiger partial charge in [-0.25, -0.2) is 14.8 Å². The Hall–Kier alpha value is -2.04. The first kappa shape index (κ1) is 7.60. The molecule has 2 heterocycles. The fourth-order valence-corrected chi connectivity index (χ4v) is 0.849. The lowest BCUT2D eigenvalue weighted by Gasteiger charge is -1.94. The number of hydrogen-bond donors (Lipinski definition) is 0. The van der Waals surface area contributed by atoms with E-state index < -0.39 is 5.63 Å². The van der Waals surface area contributed by atoms with Crippen molar-refractivity contribution in [3.05, 3.63) is 41.3 Å². The lowest BCUT2D eigenvalue weighted by Crippen LogP contribution is -1.98. The summed E-state index contributed by atoms with van der Waals surface area (Å²) in [7, 11) is 0. The van der Waals surface area contributed by atoms with Gasteiger partial charge in [-0.05, 0) is 0 Å². The summed E-state index contributed by atoms with van der Waals surface area (Å²) in [6, 6.07) is 1.24. The van der Waals surface area contributed by atoms with Crippen LogP contribution in [0.1, 0.15) is 0 Å². The van der Waals surface area contributed by atoms with E-state index in [-0.39, 0.29) is 5.89 Å². The molecule has 2 aromatic rings. The van der Waals surface area contributed by atoms with Crippen molar-refractivity contribution in [3.63, 3.8) is 0 Å². The lowest BCUT2D eigenvalue weighted by molar-refractivity contribution is 0.505. The third kappa shape index (κ3) is 1.58. The Labute approximate surface area is 73.1 Å². The fraction of sp³-hybridized carbons (Fsp3) is 0. The van der Waals surface area contributed by atoms with Crippen molar-refractivity contribution in [1.29, 1.82) is 0 Å². The Morgan fingerprint density at radius 2 is 2.08 bits per heavy atom. The van der Waals surface area contributed by atoms with Gasteiger partial charge in [0.15, 0.2) is 0 Å². The summed E-state index contributed by atoms with van der Waals surface area (Å²) >= 11 is 0. The van der Waals surface area contributed by atoms with Crippen molar-refractivity contribution in [2.45, 2.75) is 0 Å². The molecule has 5 heteroatoms. The molecule has 2 aromatic heterocycles. The second-order valence-electron chi connectivity index (χ2n) is 2.26. The molecule has 5 nitrogen and oxygen atoms in total. The van der Waals surface area contributed by atoms with Crippen LogP contribution in [0.4, 0.5) is 0 Å². The van der Waals surface area contributed by atoms with E-state index in [1.807, 2.05) is 0 Å². The molecular formula is C8H5N3O2. The summed E-state index contributed by atoms with van der Waals surface area (Å²) in [6.07, 6.45) is 5.88. The third-order valence-electron chi connectivity index (χ3n) is 1.38. The minimum Gasteiger partial charge on any atom is -0.402 e. The minimum atomic E-state index is -0.448. The van der Waals surface area contributed by atoms with E-state index in [4.69, 9.17) is 4.42 Å². The number of aromatic nitrogens is 3. The number of hydrogen-bond acceptors (Lipinski definition) is 5. The van der Waals surface area contributed by atoms with Crippen LogP contribution < -0.4 is 5.63 Å². The average molecular weight is 175 g/mol. The molecule has 0 atom stereocenters. The zero-order chi connectivity index (χ0) is 9.10. The molecule has 0 aliphatic heterocycles. The van der Waals surface area contributed by atoms with Crippen molar-refractivity contribution in [1.82, 2.24) is 15.0 Å². The Morgan fingerprint density at radius 1 is 1.15 bits per heavy atom. The summed E-state index contributed by atoms with van der Waals surface area (Å²) in [6.45, 7) is 0. The summed E-state index contributed by atoms with van der Waals surface area (Å²) in [5.41, 5.74) is -0.00384. The first-order valence-corrected chi connectivity index (χ1v) is 3.59. The summed E-state index contributed by atoms with van der Waals surface area (Å²) in [5, 5.41) is 0. The monoisotopic (exact) mass is 175 g/mol. The Kier molecular flexibility index (Phi) is 1.84. The highest BCUT2D eigenvalue weighted by Crippen LogP contribution is 2.07. The highest BCUT2D eigenvalue weighted by Gasteiger charge is 2.02. The van der Waals surface area contributed by atoms with Crippen molar-refractivity contribution in [2.75, 3.05) is 0 Å². The van der Waals surface area contributed by atoms with Gasteiger partial charge in [-0.15, -0.1) is 0 Å². The van der Waals surface area contributed by atoms with E-state index in [9.17, 15) is 4.79 Å². The summed E-state index contributed by atoms with van der Waals surface area (Å²) in [4.78, 5) is 22.4. The van der Waals surface area contributed by atoms with Gasteiger partial charge in [0.1, 0.15) is 5.69 Å². The second-order valence-corrected chi connectivity index (χ2v) is 2.26. The van der Waals surface area contributed by atoms with E-state index in [2.05, 4.69) is 15.0 Å². The van der Waals surface area contributed by atoms with Crippen LogP contribution >= 0.6 is 0 Å². The molecule has 0 aliphatic rings. The van der Waals surface area contributed by atoms with Crippen LogP contribution in [0.15, 0.2) is 40.1 Å². The first-order chi connectivity index (χ1) is 6.36. The van der Waals surface area contributed by atoms with Gasteiger partial charge in [0.25, 0.3) is 5.89 Å². The summed E-state index contributed by atoms with van der Waals surface area (Å²) in [5.74, 6) is 0.181. The minimum absolute atomic E-state index is 0.181. The largest absolute Gasteiger partial charge is 0.402 e. The van der Waals surface area contributed by atoms with Gasteiger partial charge in [-0.3, -0.25) is 4.98 Å². The molecule has 0 aromatic carbocycles. The smallest absolute Gasteiger partial charge is 0.339 e. The van der Waals surface area contributed by atoms with Crippen molar-refractivity contribution < 1.29 is 4.42 Å². The Morgan fingerprint density at radius 3 is 2.77 bits per heavy atom. The molecule has 0 saturated carbocycles. The SMILES string of the molecule is O=c1ccnc(-c2cnccn2)o1. The molecule has 0 N–H and O–H groups in total. The molecule has 0 aliphatic carbocycles. The van der Waals surface area contributed by atoms with E-state index in [1.165, 1.54) is 30.9 Å². The van der Waals surface area contributed by atoms with Crippen LogP contribution in [0.5, 0.6) is 0 Å². The van der Waals surface area contributed by atoms with E-state index in [0.29, 0.717) is 5.69 Å². The van der Waals surface area contributed by atoms with Gasteiger partial charge in [-0.2, -0.15) is 0 Å². The van der Waals surface area contributed by atoms with Gasteiger partial charge in [0, 0.05) is 24.7 Å². The molecule has 0 radical (unpaired) electrons. The van der Waals surface area contributed by atoms with Crippen LogP contribution in [0, 0.1) is 0 Å². The van der Waals surface area contributed by atoms with E-state index in [0.717, 1.165) is 0 Å². The maximum atomic E-state index is 10.8. The van der Waals surface area contributed by atoms with Gasteiger partial charge in [0.2, 0.25) is 0 Å². The molecule has 0 amide bonds. The Balaban J connectivity index is 2.54. The number of rotatable bonds is 1. The second kappa shape index (κ2) is 3.14. The molecule has 64 valence electrons. The maximum Gasteiger partial charge on any atom is 0.339 e. The van der Waals surface area contributed by atoms with Crippen molar-refractivity contribution in [2.24, 2.45) is 0 Å². The van der Waals surface area contributed by atoms with Gasteiger partial charge in [0.05, 0.1) is 6.20 Å². The maximum absolute atomic E-state index is 10.8. The molecule has 0 bridgehead atoms. The normalized spacial score (nSPS) is 9.85. The standard InChI is InChI=1S/C8H5N3O2/c12-7-1-2-11-8(13-7)6-5-9-3-4-10-6/h1-5H. The van der Waals surface area contributed by atoms with Crippen molar-refractivity contribution in [3.8, 4) is 11.6 Å². The zero-order valence-corrected chi connectivity index (χ0v) is 6.54. The lowest BCUT2D eigenvalue weighted by atomic mass is 10.4. The highest BCUT2D eigenvalue weighted by atomic mass is 16.4. The predicted molar refractivity (Wildman–Crippen MR) is 43.8 cm³/mol. The van der Waals surface area contributed by atoms with E-state index >= 15 is 0 Å². The fourth-order valence-electron chi connectivity index (χ4n) is 0.849. The van der Waals surface area contributed by atoms with Gasteiger partial charge >= 0.3 is 5.63 Å². The quantitative estimate of drug-likeness (QED) is 0.630. The Bertz CT molecular complexity index is 452. The van der Waals surface area contributed by atoms with Crippen LogP contribution in [0.2, 0.25) is 0 Å². The predicted octanol–water partition coefficient (Wildman–Crippen LogP) is 0.492. The molecule has 0 fully saturated rings.